The zero-order valence-corrected chi connectivity index (χ0v) is 17.8. The molecule has 0 atom stereocenters. The second-order valence-corrected chi connectivity index (χ2v) is 8.08. The summed E-state index contributed by atoms with van der Waals surface area (Å²) in [5, 5.41) is 2.37. The number of hydrogen-bond donors (Lipinski definition) is 0. The number of amides is 1. The third-order valence-electron chi connectivity index (χ3n) is 5.06. The summed E-state index contributed by atoms with van der Waals surface area (Å²) in [6, 6.07) is 18.5. The van der Waals surface area contributed by atoms with Crippen LogP contribution >= 0.6 is 11.3 Å². The van der Waals surface area contributed by atoms with Crippen LogP contribution in [0.4, 0.5) is 0 Å². The Morgan fingerprint density at radius 2 is 1.93 bits per heavy atom. The summed E-state index contributed by atoms with van der Waals surface area (Å²) in [6.07, 6.45) is 0. The Morgan fingerprint density at radius 3 is 2.76 bits per heavy atom. The number of aromatic nitrogens is 1. The largest absolute Gasteiger partial charge is 0.380 e. The molecule has 0 spiro atoms. The van der Waals surface area contributed by atoms with Crippen molar-refractivity contribution in [2.24, 2.45) is 4.99 Å². The van der Waals surface area contributed by atoms with E-state index >= 15 is 0 Å². The van der Waals surface area contributed by atoms with Crippen molar-refractivity contribution in [2.75, 3.05) is 13.2 Å². The Balaban J connectivity index is 1.90. The Hall–Kier alpha value is -2.76. The number of fused-ring (bicyclic) bond motifs is 3. The number of carbonyl (C=O) groups is 1. The monoisotopic (exact) mass is 404 g/mol. The molecule has 3 aromatic carbocycles. The van der Waals surface area contributed by atoms with Gasteiger partial charge in [-0.25, -0.2) is 0 Å². The zero-order chi connectivity index (χ0) is 20.4. The maximum atomic E-state index is 13.0. The van der Waals surface area contributed by atoms with Crippen molar-refractivity contribution in [1.29, 1.82) is 0 Å². The first-order chi connectivity index (χ1) is 14.1. The van der Waals surface area contributed by atoms with Crippen molar-refractivity contribution in [3.05, 3.63) is 76.1 Å². The summed E-state index contributed by atoms with van der Waals surface area (Å²) in [5.41, 5.74) is 3.74. The van der Waals surface area contributed by atoms with E-state index < -0.39 is 0 Å². The van der Waals surface area contributed by atoms with Crippen molar-refractivity contribution in [1.82, 2.24) is 4.57 Å². The smallest absolute Gasteiger partial charge is 0.279 e. The van der Waals surface area contributed by atoms with Crippen LogP contribution in [0.25, 0.3) is 21.0 Å². The van der Waals surface area contributed by atoms with E-state index in [9.17, 15) is 4.79 Å². The molecule has 0 unspecified atom stereocenters. The van der Waals surface area contributed by atoms with E-state index in [0.717, 1.165) is 21.3 Å². The molecule has 0 bridgehead atoms. The van der Waals surface area contributed by atoms with Crippen molar-refractivity contribution in [2.45, 2.75) is 27.3 Å². The first-order valence-electron chi connectivity index (χ1n) is 9.83. The minimum Gasteiger partial charge on any atom is -0.380 e. The molecule has 1 aromatic heterocycles. The van der Waals surface area contributed by atoms with E-state index in [0.29, 0.717) is 30.1 Å². The molecule has 0 N–H and O–H groups in total. The first kappa shape index (κ1) is 19.6. The van der Waals surface area contributed by atoms with Crippen LogP contribution < -0.4 is 4.80 Å². The molecule has 148 valence electrons. The Kier molecular flexibility index (Phi) is 5.60. The lowest BCUT2D eigenvalue weighted by Crippen LogP contribution is -2.20. The van der Waals surface area contributed by atoms with Gasteiger partial charge in [-0.05, 0) is 43.9 Å². The third-order valence-corrected chi connectivity index (χ3v) is 6.19. The van der Waals surface area contributed by atoms with Crippen LogP contribution in [0, 0.1) is 13.8 Å². The fourth-order valence-corrected chi connectivity index (χ4v) is 4.70. The molecule has 0 fully saturated rings. The maximum absolute atomic E-state index is 13.0. The van der Waals surface area contributed by atoms with E-state index in [1.165, 1.54) is 10.8 Å². The van der Waals surface area contributed by atoms with Gasteiger partial charge in [0.1, 0.15) is 0 Å². The highest BCUT2D eigenvalue weighted by molar-refractivity contribution is 7.17. The van der Waals surface area contributed by atoms with Gasteiger partial charge in [0.25, 0.3) is 5.91 Å². The molecule has 4 nitrogen and oxygen atoms in total. The number of nitrogens with zero attached hydrogens (tertiary/aromatic N) is 2. The lowest BCUT2D eigenvalue weighted by Gasteiger charge is -2.07. The average molecular weight is 405 g/mol. The van der Waals surface area contributed by atoms with E-state index in [4.69, 9.17) is 4.74 Å². The summed E-state index contributed by atoms with van der Waals surface area (Å²) in [7, 11) is 0. The van der Waals surface area contributed by atoms with Crippen LogP contribution in [0.3, 0.4) is 0 Å². The number of rotatable bonds is 5. The van der Waals surface area contributed by atoms with Gasteiger partial charge in [0.2, 0.25) is 0 Å². The van der Waals surface area contributed by atoms with Crippen LogP contribution in [0.5, 0.6) is 0 Å². The van der Waals surface area contributed by atoms with Crippen LogP contribution in [-0.2, 0) is 11.3 Å². The molecular weight excluding hydrogens is 380 g/mol. The average Bonchev–Trinajstić information content (AvgIpc) is 3.07. The first-order valence-corrected chi connectivity index (χ1v) is 10.7. The summed E-state index contributed by atoms with van der Waals surface area (Å²) < 4.78 is 8.83. The number of ether oxygens (including phenoxy) is 1. The van der Waals surface area contributed by atoms with Crippen molar-refractivity contribution in [3.8, 4) is 0 Å². The number of aryl methyl sites for hydroxylation is 2. The highest BCUT2D eigenvalue weighted by Gasteiger charge is 2.13. The second-order valence-electron chi connectivity index (χ2n) is 7.10. The Labute approximate surface area is 174 Å². The lowest BCUT2D eigenvalue weighted by atomic mass is 10.1. The molecule has 29 heavy (non-hydrogen) atoms. The fourth-order valence-electron chi connectivity index (χ4n) is 3.51. The van der Waals surface area contributed by atoms with E-state index in [-0.39, 0.29) is 5.91 Å². The molecule has 4 rings (SSSR count). The van der Waals surface area contributed by atoms with Gasteiger partial charge in [-0.1, -0.05) is 59.4 Å². The fraction of sp³-hybridized carbons (Fsp3) is 0.250. The van der Waals surface area contributed by atoms with Crippen molar-refractivity contribution in [3.63, 3.8) is 0 Å². The van der Waals surface area contributed by atoms with Gasteiger partial charge in [0.05, 0.1) is 16.8 Å². The highest BCUT2D eigenvalue weighted by Crippen LogP contribution is 2.27. The molecule has 0 aliphatic heterocycles. The highest BCUT2D eigenvalue weighted by atomic mass is 32.1. The van der Waals surface area contributed by atoms with E-state index in [2.05, 4.69) is 33.8 Å². The predicted octanol–water partition coefficient (Wildman–Crippen LogP) is 5.25. The SMILES string of the molecule is CCOCCn1c(=NC(=O)c2cc(C)ccc2C)sc2c3ccccc3ccc21. The summed E-state index contributed by atoms with van der Waals surface area (Å²) in [4.78, 5) is 18.3. The molecule has 0 saturated heterocycles. The van der Waals surface area contributed by atoms with Gasteiger partial charge in [-0.15, -0.1) is 0 Å². The van der Waals surface area contributed by atoms with Crippen LogP contribution in [0.1, 0.15) is 28.4 Å². The van der Waals surface area contributed by atoms with Crippen molar-refractivity contribution < 1.29 is 9.53 Å². The van der Waals surface area contributed by atoms with Crippen LogP contribution in [-0.4, -0.2) is 23.7 Å². The van der Waals surface area contributed by atoms with E-state index in [1.54, 1.807) is 11.3 Å². The Bertz CT molecular complexity index is 1270. The minimum atomic E-state index is -0.202. The predicted molar refractivity (Wildman–Crippen MR) is 120 cm³/mol. The molecule has 0 aliphatic rings. The van der Waals surface area contributed by atoms with Gasteiger partial charge in [-0.3, -0.25) is 4.79 Å². The third kappa shape index (κ3) is 3.88. The molecule has 0 saturated carbocycles. The van der Waals surface area contributed by atoms with Crippen molar-refractivity contribution >= 4 is 38.2 Å². The second kappa shape index (κ2) is 8.31. The number of benzene rings is 3. The molecule has 1 heterocycles. The normalized spacial score (nSPS) is 12.2. The minimum absolute atomic E-state index is 0.202. The number of thiazole rings is 1. The number of carbonyl (C=O) groups excluding carboxylic acids is 1. The van der Waals surface area contributed by atoms with Gasteiger partial charge in [0.15, 0.2) is 4.80 Å². The van der Waals surface area contributed by atoms with Gasteiger partial charge in [0, 0.05) is 24.1 Å². The summed E-state index contributed by atoms with van der Waals surface area (Å²) in [5.74, 6) is -0.202. The molecule has 1 amide bonds. The maximum Gasteiger partial charge on any atom is 0.279 e. The van der Waals surface area contributed by atoms with Gasteiger partial charge < -0.3 is 9.30 Å². The molecule has 4 aromatic rings. The summed E-state index contributed by atoms with van der Waals surface area (Å²) >= 11 is 1.56. The molecule has 0 aliphatic carbocycles. The van der Waals surface area contributed by atoms with Crippen LogP contribution in [0.15, 0.2) is 59.6 Å². The van der Waals surface area contributed by atoms with Gasteiger partial charge >= 0.3 is 0 Å². The lowest BCUT2D eigenvalue weighted by molar-refractivity contribution is 0.0996. The molecule has 5 heteroatoms. The topological polar surface area (TPSA) is 43.6 Å². The molecular formula is C24H24N2O2S. The Morgan fingerprint density at radius 1 is 1.10 bits per heavy atom. The van der Waals surface area contributed by atoms with Crippen LogP contribution in [0.2, 0.25) is 0 Å². The summed E-state index contributed by atoms with van der Waals surface area (Å²) in [6.45, 7) is 7.83. The zero-order valence-electron chi connectivity index (χ0n) is 16.9. The van der Waals surface area contributed by atoms with E-state index in [1.807, 2.05) is 51.1 Å². The standard InChI is InChI=1S/C24H24N2O2S/c1-4-28-14-13-26-21-12-11-18-7-5-6-8-19(18)22(21)29-24(26)25-23(27)20-15-16(2)9-10-17(20)3/h5-12,15H,4,13-14H2,1-3H3. The molecule has 0 radical (unpaired) electrons. The number of hydrogen-bond acceptors (Lipinski definition) is 3. The quantitative estimate of drug-likeness (QED) is 0.426. The van der Waals surface area contributed by atoms with Gasteiger partial charge in [-0.2, -0.15) is 4.99 Å².